The van der Waals surface area contributed by atoms with E-state index >= 15 is 0 Å². The highest BCUT2D eigenvalue weighted by molar-refractivity contribution is 5.95. The fourth-order valence-corrected chi connectivity index (χ4v) is 4.05. The molecule has 2 atom stereocenters. The van der Waals surface area contributed by atoms with Crippen LogP contribution in [0.25, 0.3) is 0 Å². The molecule has 3 aliphatic heterocycles. The smallest absolute Gasteiger partial charge is 0.260 e. The number of benzene rings is 1. The number of rotatable bonds is 4. The molecule has 0 saturated carbocycles. The van der Waals surface area contributed by atoms with E-state index < -0.39 is 0 Å². The summed E-state index contributed by atoms with van der Waals surface area (Å²) in [6.45, 7) is 2.45. The van der Waals surface area contributed by atoms with E-state index in [0.29, 0.717) is 24.3 Å². The van der Waals surface area contributed by atoms with Crippen molar-refractivity contribution < 1.29 is 14.3 Å². The molecular formula is C19H26ClN3O3. The van der Waals surface area contributed by atoms with Crippen molar-refractivity contribution in [2.75, 3.05) is 31.1 Å². The zero-order valence-electron chi connectivity index (χ0n) is 14.9. The molecule has 0 spiro atoms. The molecule has 3 heterocycles. The summed E-state index contributed by atoms with van der Waals surface area (Å²) < 4.78 is 5.67. The van der Waals surface area contributed by atoms with Gasteiger partial charge in [-0.15, -0.1) is 12.4 Å². The van der Waals surface area contributed by atoms with Crippen LogP contribution in [0.15, 0.2) is 24.3 Å². The van der Waals surface area contributed by atoms with Crippen molar-refractivity contribution in [3.63, 3.8) is 0 Å². The van der Waals surface area contributed by atoms with Crippen molar-refractivity contribution in [2.45, 2.75) is 44.2 Å². The lowest BCUT2D eigenvalue weighted by atomic mass is 10.1. The largest absolute Gasteiger partial charge is 0.484 e. The molecule has 2 unspecified atom stereocenters. The Morgan fingerprint density at radius 1 is 1.12 bits per heavy atom. The third-order valence-electron chi connectivity index (χ3n) is 5.46. The Labute approximate surface area is 160 Å². The van der Waals surface area contributed by atoms with Gasteiger partial charge in [0, 0.05) is 43.8 Å². The van der Waals surface area contributed by atoms with Crippen LogP contribution in [0, 0.1) is 0 Å². The summed E-state index contributed by atoms with van der Waals surface area (Å²) >= 11 is 0. The van der Waals surface area contributed by atoms with Crippen LogP contribution < -0.4 is 15.0 Å². The Hall–Kier alpha value is -1.79. The van der Waals surface area contributed by atoms with Crippen molar-refractivity contribution in [3.8, 4) is 5.75 Å². The summed E-state index contributed by atoms with van der Waals surface area (Å²) in [5.74, 6) is 0.888. The number of amides is 2. The Balaban J connectivity index is 0.00000196. The van der Waals surface area contributed by atoms with Crippen LogP contribution in [-0.4, -0.2) is 55.0 Å². The fraction of sp³-hybridized carbons (Fsp3) is 0.579. The van der Waals surface area contributed by atoms with E-state index in [0.717, 1.165) is 44.6 Å². The second-order valence-corrected chi connectivity index (χ2v) is 7.20. The summed E-state index contributed by atoms with van der Waals surface area (Å²) in [5.41, 5.74) is 0.899. The van der Waals surface area contributed by atoms with E-state index in [1.807, 2.05) is 29.2 Å². The van der Waals surface area contributed by atoms with Gasteiger partial charge in [-0.2, -0.15) is 0 Å². The zero-order chi connectivity index (χ0) is 17.2. The molecular weight excluding hydrogens is 354 g/mol. The van der Waals surface area contributed by atoms with Crippen LogP contribution in [-0.2, 0) is 9.59 Å². The van der Waals surface area contributed by atoms with Crippen molar-refractivity contribution in [1.29, 1.82) is 0 Å². The lowest BCUT2D eigenvalue weighted by molar-refractivity contribution is -0.133. The highest BCUT2D eigenvalue weighted by Gasteiger charge is 2.31. The molecule has 2 bridgehead atoms. The maximum Gasteiger partial charge on any atom is 0.260 e. The Morgan fingerprint density at radius 3 is 2.62 bits per heavy atom. The standard InChI is InChI=1S/C19H25N3O3.ClH/c23-18-2-1-10-22(18)16-5-7-17(8-6-16)25-13-19(24)21-11-9-14-3-4-15(12-21)20-14;/h5-8,14-15,20H,1-4,9-13H2;1H. The van der Waals surface area contributed by atoms with Gasteiger partial charge in [0.2, 0.25) is 5.91 Å². The number of nitrogens with one attached hydrogen (secondary N) is 1. The van der Waals surface area contributed by atoms with Crippen LogP contribution >= 0.6 is 12.4 Å². The van der Waals surface area contributed by atoms with Crippen LogP contribution in [0.3, 0.4) is 0 Å². The first kappa shape index (κ1) is 19.0. The Bertz CT molecular complexity index is 652. The quantitative estimate of drug-likeness (QED) is 0.868. The number of hydrogen-bond acceptors (Lipinski definition) is 4. The third-order valence-corrected chi connectivity index (χ3v) is 5.46. The van der Waals surface area contributed by atoms with E-state index in [4.69, 9.17) is 4.74 Å². The van der Waals surface area contributed by atoms with Gasteiger partial charge < -0.3 is 19.9 Å². The molecule has 3 aliphatic rings. The van der Waals surface area contributed by atoms with Gasteiger partial charge in [0.15, 0.2) is 6.61 Å². The summed E-state index contributed by atoms with van der Waals surface area (Å²) in [7, 11) is 0. The molecule has 142 valence electrons. The Morgan fingerprint density at radius 2 is 1.88 bits per heavy atom. The molecule has 26 heavy (non-hydrogen) atoms. The molecule has 3 fully saturated rings. The topological polar surface area (TPSA) is 61.9 Å². The number of anilines is 1. The summed E-state index contributed by atoms with van der Waals surface area (Å²) in [4.78, 5) is 27.9. The number of nitrogens with zero attached hydrogens (tertiary/aromatic N) is 2. The van der Waals surface area contributed by atoms with E-state index in [1.54, 1.807) is 4.90 Å². The Kier molecular flexibility index (Phi) is 6.04. The molecule has 1 N–H and O–H groups in total. The summed E-state index contributed by atoms with van der Waals surface area (Å²) in [6.07, 6.45) is 4.96. The van der Waals surface area contributed by atoms with Crippen molar-refractivity contribution in [3.05, 3.63) is 24.3 Å². The normalized spacial score (nSPS) is 25.0. The average molecular weight is 380 g/mol. The van der Waals surface area contributed by atoms with E-state index in [9.17, 15) is 9.59 Å². The highest BCUT2D eigenvalue weighted by Crippen LogP contribution is 2.24. The number of likely N-dealkylation sites (tertiary alicyclic amines) is 1. The number of ether oxygens (including phenoxy) is 1. The molecule has 6 nitrogen and oxygen atoms in total. The second-order valence-electron chi connectivity index (χ2n) is 7.20. The van der Waals surface area contributed by atoms with Crippen LogP contribution in [0.2, 0.25) is 0 Å². The number of carbonyl (C=O) groups is 2. The lowest BCUT2D eigenvalue weighted by Crippen LogP contribution is -2.41. The molecule has 1 aromatic rings. The molecule has 0 aliphatic carbocycles. The first-order valence-corrected chi connectivity index (χ1v) is 9.26. The van der Waals surface area contributed by atoms with E-state index in [2.05, 4.69) is 5.32 Å². The van der Waals surface area contributed by atoms with E-state index in [-0.39, 0.29) is 30.8 Å². The lowest BCUT2D eigenvalue weighted by Gasteiger charge is -2.24. The number of halogens is 1. The maximum absolute atomic E-state index is 12.4. The van der Waals surface area contributed by atoms with Crippen molar-refractivity contribution >= 4 is 29.9 Å². The predicted octanol–water partition coefficient (Wildman–Crippen LogP) is 1.97. The van der Waals surface area contributed by atoms with Gasteiger partial charge in [0.1, 0.15) is 5.75 Å². The fourth-order valence-electron chi connectivity index (χ4n) is 4.05. The third kappa shape index (κ3) is 4.13. The SMILES string of the molecule is Cl.O=C(COc1ccc(N2CCCC2=O)cc1)N1CCC2CCC(C1)N2. The molecule has 1 aromatic carbocycles. The molecule has 7 heteroatoms. The first-order chi connectivity index (χ1) is 12.2. The maximum atomic E-state index is 12.4. The number of hydrogen-bond donors (Lipinski definition) is 1. The van der Waals surface area contributed by atoms with Crippen LogP contribution in [0.5, 0.6) is 5.75 Å². The number of carbonyl (C=O) groups excluding carboxylic acids is 2. The van der Waals surface area contributed by atoms with Gasteiger partial charge in [0.05, 0.1) is 0 Å². The predicted molar refractivity (Wildman–Crippen MR) is 102 cm³/mol. The zero-order valence-corrected chi connectivity index (χ0v) is 15.7. The minimum atomic E-state index is 0. The van der Waals surface area contributed by atoms with Crippen LogP contribution in [0.1, 0.15) is 32.1 Å². The molecule has 2 amide bonds. The second kappa shape index (κ2) is 8.27. The summed E-state index contributed by atoms with van der Waals surface area (Å²) in [6, 6.07) is 8.45. The first-order valence-electron chi connectivity index (χ1n) is 9.26. The van der Waals surface area contributed by atoms with Gasteiger partial charge in [-0.05, 0) is 49.9 Å². The molecule has 3 saturated heterocycles. The van der Waals surface area contributed by atoms with Crippen molar-refractivity contribution in [1.82, 2.24) is 10.2 Å². The summed E-state index contributed by atoms with van der Waals surface area (Å²) in [5, 5.41) is 3.58. The molecule has 0 aromatic heterocycles. The van der Waals surface area contributed by atoms with Gasteiger partial charge in [-0.3, -0.25) is 9.59 Å². The molecule has 4 rings (SSSR count). The minimum absolute atomic E-state index is 0. The highest BCUT2D eigenvalue weighted by atomic mass is 35.5. The van der Waals surface area contributed by atoms with Gasteiger partial charge in [0.25, 0.3) is 5.91 Å². The monoisotopic (exact) mass is 379 g/mol. The van der Waals surface area contributed by atoms with E-state index in [1.165, 1.54) is 6.42 Å². The number of fused-ring (bicyclic) bond motifs is 2. The van der Waals surface area contributed by atoms with Gasteiger partial charge >= 0.3 is 0 Å². The van der Waals surface area contributed by atoms with Crippen molar-refractivity contribution in [2.24, 2.45) is 0 Å². The average Bonchev–Trinajstić information content (AvgIpc) is 3.18. The molecule has 0 radical (unpaired) electrons. The minimum Gasteiger partial charge on any atom is -0.484 e. The van der Waals surface area contributed by atoms with Crippen LogP contribution in [0.4, 0.5) is 5.69 Å². The van der Waals surface area contributed by atoms with Gasteiger partial charge in [-0.25, -0.2) is 0 Å². The van der Waals surface area contributed by atoms with Gasteiger partial charge in [-0.1, -0.05) is 0 Å².